The van der Waals surface area contributed by atoms with Crippen LogP contribution in [0.3, 0.4) is 0 Å². The summed E-state index contributed by atoms with van der Waals surface area (Å²) in [5.41, 5.74) is 1.04. The maximum Gasteiger partial charge on any atom is 0.236 e. The van der Waals surface area contributed by atoms with Gasteiger partial charge in [0.2, 0.25) is 7.37 Å². The first kappa shape index (κ1) is 14.0. The normalized spacial score (nSPS) is 14.3. The van der Waals surface area contributed by atoms with Crippen molar-refractivity contribution in [2.24, 2.45) is 0 Å². The number of rotatable bonds is 5. The van der Waals surface area contributed by atoms with E-state index < -0.39 is 7.37 Å². The van der Waals surface area contributed by atoms with Crippen LogP contribution in [0.5, 0.6) is 0 Å². The van der Waals surface area contributed by atoms with Crippen LogP contribution in [0.25, 0.3) is 0 Å². The average Bonchev–Trinajstić information content (AvgIpc) is 2.40. The highest BCUT2D eigenvalue weighted by Gasteiger charge is 2.27. The second-order valence-electron chi connectivity index (χ2n) is 4.81. The van der Waals surface area contributed by atoms with Crippen molar-refractivity contribution in [3.8, 4) is 0 Å². The van der Waals surface area contributed by atoms with Gasteiger partial charge in [-0.2, -0.15) is 0 Å². The van der Waals surface area contributed by atoms with Crippen LogP contribution < -0.4 is 5.30 Å². The van der Waals surface area contributed by atoms with Gasteiger partial charge in [0.1, 0.15) is 0 Å². The molecule has 0 fully saturated rings. The Hall–Kier alpha value is -1.37. The third-order valence-corrected chi connectivity index (χ3v) is 5.39. The predicted octanol–water partition coefficient (Wildman–Crippen LogP) is 4.22. The van der Waals surface area contributed by atoms with Crippen LogP contribution in [0.4, 0.5) is 0 Å². The molecule has 0 spiro atoms. The second kappa shape index (κ2) is 6.18. The molecule has 2 aromatic carbocycles. The van der Waals surface area contributed by atoms with Gasteiger partial charge < -0.3 is 4.52 Å². The molecular weight excluding hydrogens is 255 g/mol. The van der Waals surface area contributed by atoms with E-state index in [1.54, 1.807) is 0 Å². The third-order valence-electron chi connectivity index (χ3n) is 2.76. The second-order valence-corrected chi connectivity index (χ2v) is 7.20. The molecule has 3 heteroatoms. The van der Waals surface area contributed by atoms with E-state index in [9.17, 15) is 4.57 Å². The van der Waals surface area contributed by atoms with Crippen molar-refractivity contribution in [2.45, 2.75) is 26.1 Å². The zero-order valence-corrected chi connectivity index (χ0v) is 12.2. The summed E-state index contributed by atoms with van der Waals surface area (Å²) in [5.74, 6) is 0. The molecule has 2 aromatic rings. The Kier molecular flexibility index (Phi) is 4.57. The van der Waals surface area contributed by atoms with Gasteiger partial charge in [0, 0.05) is 5.30 Å². The molecule has 0 radical (unpaired) electrons. The van der Waals surface area contributed by atoms with Crippen molar-refractivity contribution in [1.82, 2.24) is 0 Å². The highest BCUT2D eigenvalue weighted by atomic mass is 31.2. The summed E-state index contributed by atoms with van der Waals surface area (Å²) in [6, 6.07) is 19.3. The molecule has 0 aromatic heterocycles. The van der Waals surface area contributed by atoms with Gasteiger partial charge in [-0.15, -0.1) is 0 Å². The minimum Gasteiger partial charge on any atom is -0.322 e. The Labute approximate surface area is 114 Å². The monoisotopic (exact) mass is 274 g/mol. The van der Waals surface area contributed by atoms with Crippen molar-refractivity contribution in [3.05, 3.63) is 66.2 Å². The zero-order valence-electron chi connectivity index (χ0n) is 11.3. The van der Waals surface area contributed by atoms with Gasteiger partial charge in [-0.3, -0.25) is 4.57 Å². The van der Waals surface area contributed by atoms with Crippen LogP contribution in [0.1, 0.15) is 19.4 Å². The van der Waals surface area contributed by atoms with Gasteiger partial charge >= 0.3 is 0 Å². The topological polar surface area (TPSA) is 26.3 Å². The summed E-state index contributed by atoms with van der Waals surface area (Å²) in [6.45, 7) is 3.83. The van der Waals surface area contributed by atoms with E-state index in [2.05, 4.69) is 0 Å². The fourth-order valence-electron chi connectivity index (χ4n) is 2.01. The predicted molar refractivity (Wildman–Crippen MR) is 80.0 cm³/mol. The minimum absolute atomic E-state index is 0.0604. The Morgan fingerprint density at radius 1 is 0.947 bits per heavy atom. The fraction of sp³-hybridized carbons (Fsp3) is 0.250. The first-order chi connectivity index (χ1) is 9.10. The van der Waals surface area contributed by atoms with E-state index in [1.807, 2.05) is 74.5 Å². The van der Waals surface area contributed by atoms with Crippen molar-refractivity contribution >= 4 is 12.7 Å². The Morgan fingerprint density at radius 2 is 1.47 bits per heavy atom. The van der Waals surface area contributed by atoms with Crippen LogP contribution >= 0.6 is 7.37 Å². The molecular formula is C16H19O2P. The van der Waals surface area contributed by atoms with Crippen LogP contribution in [-0.4, -0.2) is 6.10 Å². The van der Waals surface area contributed by atoms with E-state index in [0.29, 0.717) is 6.16 Å². The Balaban J connectivity index is 2.33. The van der Waals surface area contributed by atoms with Crippen molar-refractivity contribution in [1.29, 1.82) is 0 Å². The van der Waals surface area contributed by atoms with Crippen molar-refractivity contribution in [2.75, 3.05) is 0 Å². The summed E-state index contributed by atoms with van der Waals surface area (Å²) in [7, 11) is -2.85. The molecule has 0 heterocycles. The number of benzene rings is 2. The Morgan fingerprint density at radius 3 is 2.00 bits per heavy atom. The lowest BCUT2D eigenvalue weighted by Gasteiger charge is -2.21. The fourth-order valence-corrected chi connectivity index (χ4v) is 4.39. The van der Waals surface area contributed by atoms with Crippen molar-refractivity contribution < 1.29 is 9.09 Å². The van der Waals surface area contributed by atoms with Crippen LogP contribution in [0.15, 0.2) is 60.7 Å². The molecule has 19 heavy (non-hydrogen) atoms. The molecule has 2 nitrogen and oxygen atoms in total. The minimum atomic E-state index is -2.85. The molecule has 0 saturated heterocycles. The van der Waals surface area contributed by atoms with E-state index in [0.717, 1.165) is 10.9 Å². The van der Waals surface area contributed by atoms with Crippen LogP contribution in [0.2, 0.25) is 0 Å². The van der Waals surface area contributed by atoms with E-state index in [1.165, 1.54) is 0 Å². The van der Waals surface area contributed by atoms with Gasteiger partial charge in [-0.25, -0.2) is 0 Å². The maximum atomic E-state index is 13.2. The quantitative estimate of drug-likeness (QED) is 0.763. The Bertz CT molecular complexity index is 549. The number of hydrogen-bond acceptors (Lipinski definition) is 2. The van der Waals surface area contributed by atoms with Gasteiger partial charge in [0.25, 0.3) is 0 Å². The maximum absolute atomic E-state index is 13.2. The van der Waals surface area contributed by atoms with Crippen molar-refractivity contribution in [3.63, 3.8) is 0 Å². The summed E-state index contributed by atoms with van der Waals surface area (Å²) >= 11 is 0. The van der Waals surface area contributed by atoms with E-state index in [4.69, 9.17) is 4.52 Å². The summed E-state index contributed by atoms with van der Waals surface area (Å²) in [5, 5.41) is 0.785. The van der Waals surface area contributed by atoms with Crippen LogP contribution in [0, 0.1) is 0 Å². The molecule has 0 unspecified atom stereocenters. The molecule has 0 aliphatic carbocycles. The molecule has 0 amide bonds. The average molecular weight is 274 g/mol. The third kappa shape index (κ3) is 3.79. The lowest BCUT2D eigenvalue weighted by molar-refractivity contribution is 0.248. The largest absolute Gasteiger partial charge is 0.322 e. The molecule has 0 aliphatic rings. The highest BCUT2D eigenvalue weighted by molar-refractivity contribution is 7.66. The molecule has 1 atom stereocenters. The lowest BCUT2D eigenvalue weighted by Crippen LogP contribution is -2.13. The smallest absolute Gasteiger partial charge is 0.236 e. The zero-order chi connectivity index (χ0) is 13.7. The molecule has 0 saturated carbocycles. The van der Waals surface area contributed by atoms with E-state index >= 15 is 0 Å². The molecule has 100 valence electrons. The van der Waals surface area contributed by atoms with Gasteiger partial charge in [0.15, 0.2) is 0 Å². The standard InChI is InChI=1S/C16H19O2P/c1-14(2)18-19(17,16-11-7-4-8-12-16)13-15-9-5-3-6-10-15/h3-12,14H,13H2,1-2H3/t19-/m0/s1. The van der Waals surface area contributed by atoms with Gasteiger partial charge in [0.05, 0.1) is 12.3 Å². The number of hydrogen-bond donors (Lipinski definition) is 0. The summed E-state index contributed by atoms with van der Waals surface area (Å²) < 4.78 is 19.0. The SMILES string of the molecule is CC(C)O[P@@](=O)(Cc1ccccc1)c1ccccc1. The summed E-state index contributed by atoms with van der Waals surface area (Å²) in [4.78, 5) is 0. The first-order valence-electron chi connectivity index (χ1n) is 6.47. The van der Waals surface area contributed by atoms with Gasteiger partial charge in [-0.05, 0) is 31.5 Å². The van der Waals surface area contributed by atoms with Gasteiger partial charge in [-0.1, -0.05) is 48.5 Å². The van der Waals surface area contributed by atoms with E-state index in [-0.39, 0.29) is 6.10 Å². The molecule has 0 aliphatic heterocycles. The summed E-state index contributed by atoms with van der Waals surface area (Å²) in [6.07, 6.45) is 0.380. The van der Waals surface area contributed by atoms with Crippen LogP contribution in [-0.2, 0) is 15.3 Å². The first-order valence-corrected chi connectivity index (χ1v) is 8.28. The molecule has 0 bridgehead atoms. The highest BCUT2D eigenvalue weighted by Crippen LogP contribution is 2.50. The lowest BCUT2D eigenvalue weighted by atomic mass is 10.2. The molecule has 2 rings (SSSR count). The molecule has 0 N–H and O–H groups in total.